The van der Waals surface area contributed by atoms with E-state index in [0.717, 1.165) is 5.69 Å². The normalized spacial score (nSPS) is 24.3. The Morgan fingerprint density at radius 1 is 1.12 bits per heavy atom. The van der Waals surface area contributed by atoms with Gasteiger partial charge in [0.15, 0.2) is 15.7 Å². The molecule has 2 aliphatic carbocycles. The van der Waals surface area contributed by atoms with E-state index >= 15 is 0 Å². The first kappa shape index (κ1) is 22.8. The number of amides is 1. The van der Waals surface area contributed by atoms with E-state index in [9.17, 15) is 22.0 Å². The van der Waals surface area contributed by atoms with E-state index in [-0.39, 0.29) is 41.2 Å². The number of rotatable bonds is 7. The number of hydrogen-bond donors (Lipinski definition) is 1. The molecule has 3 atom stereocenters. The number of aryl methyl sites for hydroxylation is 2. The van der Waals surface area contributed by atoms with Crippen molar-refractivity contribution in [3.63, 3.8) is 0 Å². The zero-order chi connectivity index (χ0) is 23.0. The minimum Gasteiger partial charge on any atom is -0.309 e. The monoisotopic (exact) mass is 463 g/mol. The van der Waals surface area contributed by atoms with E-state index in [2.05, 4.69) is 15.3 Å². The van der Waals surface area contributed by atoms with Gasteiger partial charge in [0.05, 0.1) is 33.6 Å². The lowest BCUT2D eigenvalue weighted by Crippen LogP contribution is -2.24. The first-order valence-electron chi connectivity index (χ1n) is 10.9. The molecule has 1 heterocycles. The van der Waals surface area contributed by atoms with E-state index < -0.39 is 28.1 Å². The Balaban J connectivity index is 1.59. The number of anilines is 1. The number of nitrogens with zero attached hydrogens (tertiary/aromatic N) is 2. The second kappa shape index (κ2) is 8.84. The summed E-state index contributed by atoms with van der Waals surface area (Å²) >= 11 is 0. The topological polar surface area (TPSA) is 89.0 Å². The summed E-state index contributed by atoms with van der Waals surface area (Å²) in [5, 5.41) is 2.46. The van der Waals surface area contributed by atoms with Gasteiger partial charge in [0.2, 0.25) is 5.91 Å². The number of benzene rings is 1. The van der Waals surface area contributed by atoms with Crippen molar-refractivity contribution in [2.75, 3.05) is 5.32 Å². The fraction of sp³-hybridized carbons (Fsp3) is 0.522. The van der Waals surface area contributed by atoms with Crippen LogP contribution in [-0.4, -0.2) is 41.9 Å². The standard InChI is InChI=1S/C23H27F2N3O3S/c1-13-12-26-22(14(2)27-13)28-23(29)19(9-15-10-20(24)21(25)11-15)16-3-5-17(6-4-16)32(30,31)18-7-8-18/h3-6,12,15,18-21H,7-11H2,1-2H3,(H,26,28,29)/t15?,19-,20?,21?/m1/s1. The van der Waals surface area contributed by atoms with Crippen LogP contribution in [0.3, 0.4) is 0 Å². The lowest BCUT2D eigenvalue weighted by atomic mass is 9.87. The van der Waals surface area contributed by atoms with Crippen LogP contribution in [0.4, 0.5) is 14.6 Å². The van der Waals surface area contributed by atoms with Crippen molar-refractivity contribution in [3.8, 4) is 0 Å². The summed E-state index contributed by atoms with van der Waals surface area (Å²) in [7, 11) is -3.34. The molecule has 2 saturated carbocycles. The summed E-state index contributed by atoms with van der Waals surface area (Å²) in [6, 6.07) is 6.29. The van der Waals surface area contributed by atoms with Crippen molar-refractivity contribution in [1.82, 2.24) is 9.97 Å². The number of hydrogen-bond acceptors (Lipinski definition) is 5. The molecule has 0 radical (unpaired) electrons. The highest BCUT2D eigenvalue weighted by Crippen LogP contribution is 2.39. The Bertz CT molecular complexity index is 1090. The molecule has 2 unspecified atom stereocenters. The first-order chi connectivity index (χ1) is 15.1. The Labute approximate surface area is 186 Å². The number of nitrogens with one attached hydrogen (secondary N) is 1. The fourth-order valence-electron chi connectivity index (χ4n) is 4.33. The Morgan fingerprint density at radius 2 is 1.75 bits per heavy atom. The zero-order valence-electron chi connectivity index (χ0n) is 18.1. The van der Waals surface area contributed by atoms with Crippen LogP contribution in [0.5, 0.6) is 0 Å². The molecule has 1 amide bonds. The maximum absolute atomic E-state index is 13.8. The second-order valence-electron chi connectivity index (χ2n) is 8.91. The molecule has 1 aromatic carbocycles. The molecule has 4 rings (SSSR count). The number of aromatic nitrogens is 2. The number of halogens is 2. The van der Waals surface area contributed by atoms with Gasteiger partial charge in [-0.25, -0.2) is 22.2 Å². The van der Waals surface area contributed by atoms with E-state index in [0.29, 0.717) is 29.9 Å². The molecule has 0 spiro atoms. The van der Waals surface area contributed by atoms with Gasteiger partial charge in [-0.3, -0.25) is 9.78 Å². The zero-order valence-corrected chi connectivity index (χ0v) is 18.9. The van der Waals surface area contributed by atoms with Gasteiger partial charge in [0.25, 0.3) is 0 Å². The molecule has 0 aliphatic heterocycles. The Kier molecular flexibility index (Phi) is 6.29. The van der Waals surface area contributed by atoms with Crippen LogP contribution in [0.25, 0.3) is 0 Å². The molecule has 9 heteroatoms. The lowest BCUT2D eigenvalue weighted by molar-refractivity contribution is -0.118. The van der Waals surface area contributed by atoms with Gasteiger partial charge in [-0.1, -0.05) is 12.1 Å². The van der Waals surface area contributed by atoms with Crippen LogP contribution in [0.2, 0.25) is 0 Å². The third-order valence-corrected chi connectivity index (χ3v) is 8.56. The summed E-state index contributed by atoms with van der Waals surface area (Å²) in [6.45, 7) is 3.53. The predicted molar refractivity (Wildman–Crippen MR) is 117 cm³/mol. The van der Waals surface area contributed by atoms with Crippen LogP contribution < -0.4 is 5.32 Å². The summed E-state index contributed by atoms with van der Waals surface area (Å²) in [4.78, 5) is 22.0. The highest BCUT2D eigenvalue weighted by Gasteiger charge is 2.38. The molecule has 2 aromatic rings. The molecular weight excluding hydrogens is 436 g/mol. The highest BCUT2D eigenvalue weighted by atomic mass is 32.2. The van der Waals surface area contributed by atoms with Crippen LogP contribution >= 0.6 is 0 Å². The van der Waals surface area contributed by atoms with Crippen molar-refractivity contribution in [1.29, 1.82) is 0 Å². The van der Waals surface area contributed by atoms with Crippen molar-refractivity contribution < 1.29 is 22.0 Å². The van der Waals surface area contributed by atoms with E-state index in [1.54, 1.807) is 32.2 Å². The minimum atomic E-state index is -3.34. The third-order valence-electron chi connectivity index (χ3n) is 6.28. The quantitative estimate of drug-likeness (QED) is 0.664. The largest absolute Gasteiger partial charge is 0.309 e. The van der Waals surface area contributed by atoms with Gasteiger partial charge in [0, 0.05) is 0 Å². The van der Waals surface area contributed by atoms with Gasteiger partial charge in [0.1, 0.15) is 12.3 Å². The predicted octanol–water partition coefficient (Wildman–Crippen LogP) is 4.23. The van der Waals surface area contributed by atoms with Crippen LogP contribution in [0.15, 0.2) is 35.4 Å². The molecule has 1 N–H and O–H groups in total. The van der Waals surface area contributed by atoms with Crippen LogP contribution in [0.1, 0.15) is 55.0 Å². The van der Waals surface area contributed by atoms with Crippen molar-refractivity contribution in [2.45, 2.75) is 74.4 Å². The minimum absolute atomic E-state index is 0.0719. The van der Waals surface area contributed by atoms with E-state index in [1.165, 1.54) is 12.1 Å². The maximum atomic E-state index is 13.8. The molecule has 172 valence electrons. The lowest BCUT2D eigenvalue weighted by Gasteiger charge is -2.21. The molecule has 2 fully saturated rings. The number of sulfone groups is 1. The van der Waals surface area contributed by atoms with Gasteiger partial charge in [-0.2, -0.15) is 0 Å². The van der Waals surface area contributed by atoms with Gasteiger partial charge in [-0.05, 0) is 69.6 Å². The SMILES string of the molecule is Cc1cnc(NC(=O)[C@H](CC2CC(F)C(F)C2)c2ccc(S(=O)(=O)C3CC3)cc2)c(C)n1. The highest BCUT2D eigenvalue weighted by molar-refractivity contribution is 7.92. The average molecular weight is 464 g/mol. The second-order valence-corrected chi connectivity index (χ2v) is 11.1. The van der Waals surface area contributed by atoms with Crippen molar-refractivity contribution in [3.05, 3.63) is 47.4 Å². The van der Waals surface area contributed by atoms with E-state index in [4.69, 9.17) is 0 Å². The van der Waals surface area contributed by atoms with Crippen molar-refractivity contribution >= 4 is 21.6 Å². The fourth-order valence-corrected chi connectivity index (χ4v) is 5.99. The summed E-state index contributed by atoms with van der Waals surface area (Å²) in [5.74, 6) is -1.01. The van der Waals surface area contributed by atoms with Gasteiger partial charge >= 0.3 is 0 Å². The summed E-state index contributed by atoms with van der Waals surface area (Å²) in [6.07, 6.45) is 0.267. The van der Waals surface area contributed by atoms with Gasteiger partial charge in [-0.15, -0.1) is 0 Å². The Morgan fingerprint density at radius 3 is 2.31 bits per heavy atom. The summed E-state index contributed by atoms with van der Waals surface area (Å²) in [5.41, 5.74) is 1.89. The average Bonchev–Trinajstić information content (AvgIpc) is 3.55. The molecule has 0 bridgehead atoms. The first-order valence-corrected chi connectivity index (χ1v) is 12.4. The van der Waals surface area contributed by atoms with Gasteiger partial charge < -0.3 is 5.32 Å². The number of carbonyl (C=O) groups excluding carboxylic acids is 1. The Hall–Kier alpha value is -2.42. The summed E-state index contributed by atoms with van der Waals surface area (Å²) < 4.78 is 52.5. The maximum Gasteiger partial charge on any atom is 0.233 e. The molecule has 6 nitrogen and oxygen atoms in total. The smallest absolute Gasteiger partial charge is 0.233 e. The van der Waals surface area contributed by atoms with Crippen molar-refractivity contribution in [2.24, 2.45) is 5.92 Å². The molecule has 1 aromatic heterocycles. The molecular formula is C23H27F2N3O3S. The molecule has 2 aliphatic rings. The van der Waals surface area contributed by atoms with Crippen LogP contribution in [0, 0.1) is 19.8 Å². The third kappa shape index (κ3) is 4.82. The number of carbonyl (C=O) groups is 1. The van der Waals surface area contributed by atoms with Crippen LogP contribution in [-0.2, 0) is 14.6 Å². The molecule has 0 saturated heterocycles. The number of alkyl halides is 2. The van der Waals surface area contributed by atoms with E-state index in [1.807, 2.05) is 0 Å². The molecule has 32 heavy (non-hydrogen) atoms.